The van der Waals surface area contributed by atoms with Crippen LogP contribution in [0.25, 0.3) is 0 Å². The van der Waals surface area contributed by atoms with E-state index in [4.69, 9.17) is 0 Å². The van der Waals surface area contributed by atoms with Gasteiger partial charge >= 0.3 is 0 Å². The second kappa shape index (κ2) is 7.77. The Morgan fingerprint density at radius 2 is 1.78 bits per heavy atom. The molecule has 0 unspecified atom stereocenters. The minimum absolute atomic E-state index is 0.0141. The largest absolute Gasteiger partial charge is 0.321 e. The monoisotopic (exact) mass is 370 g/mol. The Morgan fingerprint density at radius 3 is 2.48 bits per heavy atom. The number of nitrogens with one attached hydrogen (secondary N) is 3. The SMILES string of the molecule is CCc1ccc(F)c(C(=O)Nc2cn[nH]c2C(=O)Nc2ccc(F)cc2)c1. The van der Waals surface area contributed by atoms with Gasteiger partial charge in [0.1, 0.15) is 17.3 Å². The lowest BCUT2D eigenvalue weighted by molar-refractivity contribution is 0.102. The van der Waals surface area contributed by atoms with Crippen molar-refractivity contribution in [2.24, 2.45) is 0 Å². The van der Waals surface area contributed by atoms with Crippen LogP contribution < -0.4 is 10.6 Å². The van der Waals surface area contributed by atoms with Gasteiger partial charge in [-0.3, -0.25) is 14.7 Å². The molecule has 0 bridgehead atoms. The molecule has 27 heavy (non-hydrogen) atoms. The third-order valence-electron chi connectivity index (χ3n) is 3.90. The predicted octanol–water partition coefficient (Wildman–Crippen LogP) is 3.75. The molecule has 0 aliphatic rings. The molecule has 3 N–H and O–H groups in total. The second-order valence-electron chi connectivity index (χ2n) is 5.74. The van der Waals surface area contributed by atoms with Gasteiger partial charge in [0.15, 0.2) is 0 Å². The lowest BCUT2D eigenvalue weighted by Crippen LogP contribution is -2.18. The van der Waals surface area contributed by atoms with E-state index in [-0.39, 0.29) is 16.9 Å². The Bertz CT molecular complexity index is 984. The van der Waals surface area contributed by atoms with Crippen LogP contribution in [0.1, 0.15) is 33.3 Å². The van der Waals surface area contributed by atoms with E-state index >= 15 is 0 Å². The van der Waals surface area contributed by atoms with Gasteiger partial charge in [-0.05, 0) is 48.4 Å². The highest BCUT2D eigenvalue weighted by Crippen LogP contribution is 2.18. The van der Waals surface area contributed by atoms with Gasteiger partial charge in [-0.1, -0.05) is 13.0 Å². The molecule has 138 valence electrons. The third kappa shape index (κ3) is 4.17. The summed E-state index contributed by atoms with van der Waals surface area (Å²) in [6, 6.07) is 9.49. The van der Waals surface area contributed by atoms with Crippen LogP contribution in [0.3, 0.4) is 0 Å². The van der Waals surface area contributed by atoms with E-state index in [1.54, 1.807) is 6.07 Å². The van der Waals surface area contributed by atoms with Crippen molar-refractivity contribution in [2.75, 3.05) is 10.6 Å². The summed E-state index contributed by atoms with van der Waals surface area (Å²) in [5, 5.41) is 11.3. The van der Waals surface area contributed by atoms with Gasteiger partial charge < -0.3 is 10.6 Å². The second-order valence-corrected chi connectivity index (χ2v) is 5.74. The van der Waals surface area contributed by atoms with Crippen LogP contribution in [0.15, 0.2) is 48.7 Å². The molecular weight excluding hydrogens is 354 g/mol. The van der Waals surface area contributed by atoms with Crippen molar-refractivity contribution in [2.45, 2.75) is 13.3 Å². The Morgan fingerprint density at radius 1 is 1.04 bits per heavy atom. The quantitative estimate of drug-likeness (QED) is 0.639. The molecule has 3 aromatic rings. The Labute approximate surface area is 153 Å². The summed E-state index contributed by atoms with van der Waals surface area (Å²) in [6.45, 7) is 1.89. The number of carbonyl (C=O) groups is 2. The average molecular weight is 370 g/mol. The molecule has 8 heteroatoms. The van der Waals surface area contributed by atoms with E-state index in [1.165, 1.54) is 42.6 Å². The van der Waals surface area contributed by atoms with E-state index in [0.29, 0.717) is 12.1 Å². The molecule has 2 amide bonds. The number of aryl methyl sites for hydroxylation is 1. The highest BCUT2D eigenvalue weighted by Gasteiger charge is 2.19. The van der Waals surface area contributed by atoms with Gasteiger partial charge in [0.05, 0.1) is 17.4 Å². The number of amides is 2. The maximum Gasteiger partial charge on any atom is 0.275 e. The minimum Gasteiger partial charge on any atom is -0.321 e. The first kappa shape index (κ1) is 18.2. The first-order valence-corrected chi connectivity index (χ1v) is 8.18. The lowest BCUT2D eigenvalue weighted by atomic mass is 10.1. The van der Waals surface area contributed by atoms with Gasteiger partial charge in [0.2, 0.25) is 0 Å². The number of benzene rings is 2. The maximum atomic E-state index is 14.0. The number of hydrogen-bond acceptors (Lipinski definition) is 3. The summed E-state index contributed by atoms with van der Waals surface area (Å²) in [5.41, 5.74) is 1.14. The number of anilines is 2. The molecule has 0 fully saturated rings. The van der Waals surface area contributed by atoms with Crippen LogP contribution in [0.2, 0.25) is 0 Å². The number of aromatic amines is 1. The Kier molecular flexibility index (Phi) is 5.25. The fourth-order valence-electron chi connectivity index (χ4n) is 2.44. The van der Waals surface area contributed by atoms with Crippen LogP contribution in [0.5, 0.6) is 0 Å². The van der Waals surface area contributed by atoms with E-state index in [2.05, 4.69) is 20.8 Å². The van der Waals surface area contributed by atoms with Crippen LogP contribution in [0.4, 0.5) is 20.2 Å². The van der Waals surface area contributed by atoms with Crippen LogP contribution in [-0.4, -0.2) is 22.0 Å². The molecular formula is C19H16F2N4O2. The number of carbonyl (C=O) groups excluding carboxylic acids is 2. The van der Waals surface area contributed by atoms with Crippen LogP contribution in [0, 0.1) is 11.6 Å². The first-order valence-electron chi connectivity index (χ1n) is 8.18. The van der Waals surface area contributed by atoms with E-state index in [0.717, 1.165) is 5.56 Å². The fraction of sp³-hybridized carbons (Fsp3) is 0.105. The summed E-state index contributed by atoms with van der Waals surface area (Å²) < 4.78 is 26.9. The molecule has 6 nitrogen and oxygen atoms in total. The highest BCUT2D eigenvalue weighted by atomic mass is 19.1. The van der Waals surface area contributed by atoms with E-state index in [9.17, 15) is 18.4 Å². The van der Waals surface area contributed by atoms with Gasteiger partial charge in [0.25, 0.3) is 11.8 Å². The molecule has 2 aromatic carbocycles. The van der Waals surface area contributed by atoms with Crippen molar-refractivity contribution in [3.63, 3.8) is 0 Å². The third-order valence-corrected chi connectivity index (χ3v) is 3.90. The van der Waals surface area contributed by atoms with Crippen molar-refractivity contribution >= 4 is 23.2 Å². The molecule has 3 rings (SSSR count). The van der Waals surface area contributed by atoms with Crippen molar-refractivity contribution in [3.8, 4) is 0 Å². The zero-order valence-electron chi connectivity index (χ0n) is 14.3. The molecule has 0 atom stereocenters. The molecule has 0 aliphatic heterocycles. The molecule has 0 saturated carbocycles. The summed E-state index contributed by atoms with van der Waals surface area (Å²) in [4.78, 5) is 24.8. The number of aromatic nitrogens is 2. The number of halogens is 2. The number of H-pyrrole nitrogens is 1. The highest BCUT2D eigenvalue weighted by molar-refractivity contribution is 6.11. The Hall–Kier alpha value is -3.55. The van der Waals surface area contributed by atoms with Crippen LogP contribution >= 0.6 is 0 Å². The average Bonchev–Trinajstić information content (AvgIpc) is 3.12. The number of hydrogen-bond donors (Lipinski definition) is 3. The van der Waals surface area contributed by atoms with Gasteiger partial charge in [-0.2, -0.15) is 5.10 Å². The standard InChI is InChI=1S/C19H16F2N4O2/c1-2-11-3-8-15(21)14(9-11)18(26)24-16-10-22-25-17(16)19(27)23-13-6-4-12(20)5-7-13/h3-10H,2H2,1H3,(H,22,25)(H,23,27)(H,24,26). The van der Waals surface area contributed by atoms with Crippen LogP contribution in [-0.2, 0) is 6.42 Å². The first-order chi connectivity index (χ1) is 13.0. The fourth-order valence-corrected chi connectivity index (χ4v) is 2.44. The number of nitrogens with zero attached hydrogens (tertiary/aromatic N) is 1. The molecule has 0 aliphatic carbocycles. The molecule has 0 saturated heterocycles. The Balaban J connectivity index is 1.77. The maximum absolute atomic E-state index is 14.0. The van der Waals surface area contributed by atoms with E-state index < -0.39 is 23.4 Å². The number of rotatable bonds is 5. The summed E-state index contributed by atoms with van der Waals surface area (Å²) >= 11 is 0. The molecule has 0 radical (unpaired) electrons. The molecule has 1 heterocycles. The van der Waals surface area contributed by atoms with Crippen molar-refractivity contribution < 1.29 is 18.4 Å². The summed E-state index contributed by atoms with van der Waals surface area (Å²) in [6.07, 6.45) is 1.90. The smallest absolute Gasteiger partial charge is 0.275 e. The minimum atomic E-state index is -0.694. The summed E-state index contributed by atoms with van der Waals surface area (Å²) in [5.74, 6) is -2.37. The zero-order valence-corrected chi connectivity index (χ0v) is 14.3. The topological polar surface area (TPSA) is 86.9 Å². The molecule has 1 aromatic heterocycles. The van der Waals surface area contributed by atoms with Crippen molar-refractivity contribution in [1.82, 2.24) is 10.2 Å². The van der Waals surface area contributed by atoms with Gasteiger partial charge in [0, 0.05) is 5.69 Å². The van der Waals surface area contributed by atoms with Gasteiger partial charge in [-0.15, -0.1) is 0 Å². The predicted molar refractivity (Wildman–Crippen MR) is 96.7 cm³/mol. The van der Waals surface area contributed by atoms with E-state index in [1.807, 2.05) is 6.92 Å². The van der Waals surface area contributed by atoms with Crippen molar-refractivity contribution in [3.05, 3.63) is 77.1 Å². The normalized spacial score (nSPS) is 10.5. The van der Waals surface area contributed by atoms with Gasteiger partial charge in [-0.25, -0.2) is 8.78 Å². The van der Waals surface area contributed by atoms with Crippen molar-refractivity contribution in [1.29, 1.82) is 0 Å². The summed E-state index contributed by atoms with van der Waals surface area (Å²) in [7, 11) is 0. The lowest BCUT2D eigenvalue weighted by Gasteiger charge is -2.08. The zero-order chi connectivity index (χ0) is 19.4. The molecule has 0 spiro atoms.